The molecule has 1 aromatic rings. The molecule has 1 N–H and O–H groups in total. The summed E-state index contributed by atoms with van der Waals surface area (Å²) in [6.45, 7) is -0.449. The van der Waals surface area contributed by atoms with E-state index in [1.54, 1.807) is 29.2 Å². The van der Waals surface area contributed by atoms with Gasteiger partial charge in [0.15, 0.2) is 18.1 Å². The molecular formula is C19H21NO5S2. The highest BCUT2D eigenvalue weighted by Gasteiger charge is 2.37. The lowest BCUT2D eigenvalue weighted by Crippen LogP contribution is -2.39. The number of carbonyl (C=O) groups excluding carboxylic acids is 1. The number of thioether (sulfide) groups is 1. The van der Waals surface area contributed by atoms with Crippen LogP contribution in [0.5, 0.6) is 11.5 Å². The first-order valence-corrected chi connectivity index (χ1v) is 10.0. The number of carboxylic acid groups (broad SMARTS) is 1. The maximum absolute atomic E-state index is 12.8. The van der Waals surface area contributed by atoms with Crippen molar-refractivity contribution in [2.24, 2.45) is 0 Å². The molecule has 0 aromatic heterocycles. The molecule has 1 aliphatic heterocycles. The average Bonchev–Trinajstić information content (AvgIpc) is 2.94. The summed E-state index contributed by atoms with van der Waals surface area (Å²) in [6, 6.07) is 5.31. The Morgan fingerprint density at radius 2 is 2.07 bits per heavy atom. The predicted octanol–water partition coefficient (Wildman–Crippen LogP) is 3.69. The summed E-state index contributed by atoms with van der Waals surface area (Å²) in [5.41, 5.74) is 0.763. The number of hydrogen-bond acceptors (Lipinski definition) is 6. The van der Waals surface area contributed by atoms with E-state index >= 15 is 0 Å². The van der Waals surface area contributed by atoms with E-state index in [1.807, 2.05) is 0 Å². The molecule has 1 saturated carbocycles. The Bertz CT molecular complexity index is 786. The van der Waals surface area contributed by atoms with E-state index in [0.29, 0.717) is 20.7 Å². The van der Waals surface area contributed by atoms with Crippen LogP contribution in [0, 0.1) is 0 Å². The molecule has 1 amide bonds. The monoisotopic (exact) mass is 407 g/mol. The van der Waals surface area contributed by atoms with Crippen LogP contribution in [0.25, 0.3) is 6.08 Å². The van der Waals surface area contributed by atoms with Crippen LogP contribution in [-0.2, 0) is 9.59 Å². The molecule has 1 saturated heterocycles. The summed E-state index contributed by atoms with van der Waals surface area (Å²) in [5, 5.41) is 8.74. The van der Waals surface area contributed by atoms with Crippen LogP contribution in [0.1, 0.15) is 37.7 Å². The Kier molecular flexibility index (Phi) is 6.38. The fraction of sp³-hybridized carbons (Fsp3) is 0.421. The molecular weight excluding hydrogens is 386 g/mol. The third-order valence-corrected chi connectivity index (χ3v) is 5.93. The van der Waals surface area contributed by atoms with E-state index in [0.717, 1.165) is 31.2 Å². The fourth-order valence-corrected chi connectivity index (χ4v) is 4.72. The second kappa shape index (κ2) is 8.75. The van der Waals surface area contributed by atoms with Gasteiger partial charge in [0.25, 0.3) is 5.91 Å². The lowest BCUT2D eigenvalue weighted by atomic mass is 9.94. The van der Waals surface area contributed by atoms with Gasteiger partial charge in [0.05, 0.1) is 12.0 Å². The third kappa shape index (κ3) is 4.62. The minimum absolute atomic E-state index is 0.0397. The summed E-state index contributed by atoms with van der Waals surface area (Å²) in [6.07, 6.45) is 7.28. The molecule has 8 heteroatoms. The standard InChI is InChI=1S/C19H21NO5S2/c1-24-15-9-12(7-8-14(15)25-11-17(21)22)10-16-18(23)20(19(26)27-16)13-5-3-2-4-6-13/h7-10,13H,2-6,11H2,1H3,(H,21,22)/b16-10-. The molecule has 144 valence electrons. The van der Waals surface area contributed by atoms with Crippen LogP contribution in [-0.4, -0.2) is 46.0 Å². The van der Waals surface area contributed by atoms with Crippen LogP contribution in [0.2, 0.25) is 0 Å². The Labute approximate surface area is 167 Å². The van der Waals surface area contributed by atoms with Crippen LogP contribution in [0.4, 0.5) is 0 Å². The van der Waals surface area contributed by atoms with Gasteiger partial charge in [-0.3, -0.25) is 9.69 Å². The van der Waals surface area contributed by atoms with Gasteiger partial charge < -0.3 is 14.6 Å². The smallest absolute Gasteiger partial charge is 0.341 e. The fourth-order valence-electron chi connectivity index (χ4n) is 3.32. The number of aliphatic carboxylic acids is 1. The molecule has 1 aromatic carbocycles. The van der Waals surface area contributed by atoms with E-state index in [4.69, 9.17) is 26.8 Å². The molecule has 2 aliphatic rings. The van der Waals surface area contributed by atoms with Gasteiger partial charge >= 0.3 is 5.97 Å². The molecule has 6 nitrogen and oxygen atoms in total. The molecule has 3 rings (SSSR count). The van der Waals surface area contributed by atoms with E-state index in [1.165, 1.54) is 25.3 Å². The van der Waals surface area contributed by atoms with Crippen molar-refractivity contribution in [3.8, 4) is 11.5 Å². The number of carbonyl (C=O) groups is 2. The number of rotatable bonds is 6. The van der Waals surface area contributed by atoms with Crippen molar-refractivity contribution < 1.29 is 24.2 Å². The minimum atomic E-state index is -1.06. The average molecular weight is 408 g/mol. The summed E-state index contributed by atoms with van der Waals surface area (Å²) in [5.74, 6) is -0.353. The van der Waals surface area contributed by atoms with Crippen LogP contribution >= 0.6 is 24.0 Å². The summed E-state index contributed by atoms with van der Waals surface area (Å²) in [7, 11) is 1.48. The molecule has 0 bridgehead atoms. The Balaban J connectivity index is 1.78. The first-order valence-electron chi connectivity index (χ1n) is 8.79. The van der Waals surface area contributed by atoms with Gasteiger partial charge in [-0.05, 0) is 36.6 Å². The highest BCUT2D eigenvalue weighted by Crippen LogP contribution is 2.38. The van der Waals surface area contributed by atoms with Crippen molar-refractivity contribution >= 4 is 46.3 Å². The summed E-state index contributed by atoms with van der Waals surface area (Å²) < 4.78 is 11.1. The number of ether oxygens (including phenoxy) is 2. The zero-order valence-corrected chi connectivity index (χ0v) is 16.6. The minimum Gasteiger partial charge on any atom is -0.493 e. The highest BCUT2D eigenvalue weighted by atomic mass is 32.2. The molecule has 0 unspecified atom stereocenters. The second-order valence-electron chi connectivity index (χ2n) is 6.44. The summed E-state index contributed by atoms with van der Waals surface area (Å²) >= 11 is 6.77. The van der Waals surface area contributed by atoms with Gasteiger partial charge in [0, 0.05) is 6.04 Å². The van der Waals surface area contributed by atoms with Crippen LogP contribution in [0.15, 0.2) is 23.1 Å². The summed E-state index contributed by atoms with van der Waals surface area (Å²) in [4.78, 5) is 25.9. The predicted molar refractivity (Wildman–Crippen MR) is 108 cm³/mol. The van der Waals surface area contributed by atoms with Gasteiger partial charge in [-0.15, -0.1) is 0 Å². The molecule has 27 heavy (non-hydrogen) atoms. The van der Waals surface area contributed by atoms with Crippen molar-refractivity contribution in [3.05, 3.63) is 28.7 Å². The Morgan fingerprint density at radius 3 is 2.74 bits per heavy atom. The van der Waals surface area contributed by atoms with Crippen molar-refractivity contribution in [2.45, 2.75) is 38.1 Å². The van der Waals surface area contributed by atoms with Crippen LogP contribution in [0.3, 0.4) is 0 Å². The van der Waals surface area contributed by atoms with Crippen molar-refractivity contribution in [2.75, 3.05) is 13.7 Å². The molecule has 1 aliphatic carbocycles. The lowest BCUT2D eigenvalue weighted by molar-refractivity contribution is -0.139. The zero-order chi connectivity index (χ0) is 19.4. The number of amides is 1. The topological polar surface area (TPSA) is 76.1 Å². The molecule has 0 atom stereocenters. The Hall–Kier alpha value is -2.06. The number of hydrogen-bond donors (Lipinski definition) is 1. The maximum atomic E-state index is 12.8. The zero-order valence-electron chi connectivity index (χ0n) is 15.0. The normalized spacial score (nSPS) is 19.6. The largest absolute Gasteiger partial charge is 0.493 e. The number of nitrogens with zero attached hydrogens (tertiary/aromatic N) is 1. The number of methoxy groups -OCH3 is 1. The Morgan fingerprint density at radius 1 is 1.33 bits per heavy atom. The number of carboxylic acids is 1. The molecule has 2 fully saturated rings. The van der Waals surface area contributed by atoms with Crippen molar-refractivity contribution in [1.82, 2.24) is 4.90 Å². The number of thiocarbonyl (C=S) groups is 1. The first kappa shape index (κ1) is 19.7. The van der Waals surface area contributed by atoms with Gasteiger partial charge in [-0.25, -0.2) is 4.79 Å². The second-order valence-corrected chi connectivity index (χ2v) is 8.11. The van der Waals surface area contributed by atoms with E-state index in [2.05, 4.69) is 0 Å². The van der Waals surface area contributed by atoms with Crippen molar-refractivity contribution in [1.29, 1.82) is 0 Å². The van der Waals surface area contributed by atoms with Gasteiger partial charge in [-0.2, -0.15) is 0 Å². The molecule has 1 heterocycles. The first-order chi connectivity index (χ1) is 13.0. The molecule has 0 spiro atoms. The van der Waals surface area contributed by atoms with Gasteiger partial charge in [-0.1, -0.05) is 49.3 Å². The third-order valence-electron chi connectivity index (χ3n) is 4.60. The van der Waals surface area contributed by atoms with E-state index in [9.17, 15) is 9.59 Å². The van der Waals surface area contributed by atoms with Gasteiger partial charge in [0.1, 0.15) is 4.32 Å². The maximum Gasteiger partial charge on any atom is 0.341 e. The quantitative estimate of drug-likeness (QED) is 0.569. The number of benzene rings is 1. The molecule has 0 radical (unpaired) electrons. The SMILES string of the molecule is COc1cc(/C=C2\SC(=S)N(C3CCCCC3)C2=O)ccc1OCC(=O)O. The van der Waals surface area contributed by atoms with Crippen molar-refractivity contribution in [3.63, 3.8) is 0 Å². The lowest BCUT2D eigenvalue weighted by Gasteiger charge is -2.29. The van der Waals surface area contributed by atoms with E-state index < -0.39 is 12.6 Å². The van der Waals surface area contributed by atoms with E-state index in [-0.39, 0.29) is 11.9 Å². The van der Waals surface area contributed by atoms with Crippen LogP contribution < -0.4 is 9.47 Å². The highest BCUT2D eigenvalue weighted by molar-refractivity contribution is 8.26. The van der Waals surface area contributed by atoms with Gasteiger partial charge in [0.2, 0.25) is 0 Å².